The van der Waals surface area contributed by atoms with E-state index in [4.69, 9.17) is 4.74 Å². The molecule has 0 saturated carbocycles. The molecule has 7 nitrogen and oxygen atoms in total. The van der Waals surface area contributed by atoms with E-state index in [-0.39, 0.29) is 11.1 Å². The predicted molar refractivity (Wildman–Crippen MR) is 107 cm³/mol. The predicted octanol–water partition coefficient (Wildman–Crippen LogP) is 2.90. The number of benzene rings is 2. The quantitative estimate of drug-likeness (QED) is 0.628. The summed E-state index contributed by atoms with van der Waals surface area (Å²) >= 11 is 3.32. The van der Waals surface area contributed by atoms with E-state index >= 15 is 0 Å². The lowest BCUT2D eigenvalue weighted by Crippen LogP contribution is -2.22. The first kappa shape index (κ1) is 18.4. The van der Waals surface area contributed by atoms with Crippen LogP contribution in [-0.2, 0) is 22.5 Å². The molecule has 1 aromatic heterocycles. The summed E-state index contributed by atoms with van der Waals surface area (Å²) in [6.07, 6.45) is 1.64. The van der Waals surface area contributed by atoms with Gasteiger partial charge in [0.15, 0.2) is 6.61 Å². The molecule has 0 atom stereocenters. The molecule has 142 valence electrons. The van der Waals surface area contributed by atoms with Crippen LogP contribution < -0.4 is 10.9 Å². The van der Waals surface area contributed by atoms with E-state index in [9.17, 15) is 14.4 Å². The van der Waals surface area contributed by atoms with E-state index < -0.39 is 18.5 Å². The molecule has 28 heavy (non-hydrogen) atoms. The van der Waals surface area contributed by atoms with E-state index in [1.54, 1.807) is 28.8 Å². The molecular weight excluding hydrogens is 426 g/mol. The third kappa shape index (κ3) is 3.68. The topological polar surface area (TPSA) is 90.3 Å². The number of aryl methyl sites for hydroxylation is 1. The van der Waals surface area contributed by atoms with Crippen molar-refractivity contribution in [3.63, 3.8) is 0 Å². The van der Waals surface area contributed by atoms with Crippen molar-refractivity contribution in [2.24, 2.45) is 0 Å². The number of amides is 1. The standard InChI is InChI=1S/C20H16BrN3O4/c21-13-3-1-4-14(10-13)22-18(25)11-28-20(27)12-6-7-15-16(9-12)23-17-5-2-8-24(17)19(15)26/h1,3-4,6-7,9-10H,2,5,8,11H2,(H,22,25). The molecule has 0 unspecified atom stereocenters. The molecule has 1 aliphatic rings. The van der Waals surface area contributed by atoms with Crippen LogP contribution in [0.4, 0.5) is 5.69 Å². The molecule has 0 saturated heterocycles. The van der Waals surface area contributed by atoms with Gasteiger partial charge in [-0.25, -0.2) is 9.78 Å². The van der Waals surface area contributed by atoms with E-state index in [2.05, 4.69) is 26.2 Å². The maximum atomic E-state index is 12.5. The molecule has 1 aliphatic heterocycles. The number of halogens is 1. The van der Waals surface area contributed by atoms with Gasteiger partial charge in [0.1, 0.15) is 5.82 Å². The third-order valence-electron chi connectivity index (χ3n) is 4.49. The van der Waals surface area contributed by atoms with Gasteiger partial charge < -0.3 is 10.1 Å². The number of rotatable bonds is 4. The molecule has 2 heterocycles. The summed E-state index contributed by atoms with van der Waals surface area (Å²) in [5, 5.41) is 3.12. The summed E-state index contributed by atoms with van der Waals surface area (Å²) in [6, 6.07) is 11.7. The molecule has 0 radical (unpaired) electrons. The Morgan fingerprint density at radius 2 is 2.07 bits per heavy atom. The average Bonchev–Trinajstić information content (AvgIpc) is 3.14. The van der Waals surface area contributed by atoms with Crippen LogP contribution in [0.25, 0.3) is 10.9 Å². The first-order valence-electron chi connectivity index (χ1n) is 8.77. The van der Waals surface area contributed by atoms with Crippen LogP contribution in [-0.4, -0.2) is 28.0 Å². The van der Waals surface area contributed by atoms with E-state index in [0.717, 1.165) is 23.1 Å². The van der Waals surface area contributed by atoms with E-state index in [1.165, 1.54) is 12.1 Å². The Kier molecular flexibility index (Phi) is 4.95. The molecule has 4 rings (SSSR count). The van der Waals surface area contributed by atoms with Gasteiger partial charge in [-0.15, -0.1) is 0 Å². The first-order valence-corrected chi connectivity index (χ1v) is 9.56. The summed E-state index contributed by atoms with van der Waals surface area (Å²) in [5.41, 5.74) is 1.22. The van der Waals surface area contributed by atoms with Crippen LogP contribution in [0.15, 0.2) is 51.7 Å². The SMILES string of the molecule is O=C(COC(=O)c1ccc2c(=O)n3c(nc2c1)CCC3)Nc1cccc(Br)c1. The second kappa shape index (κ2) is 7.55. The Morgan fingerprint density at radius 3 is 2.89 bits per heavy atom. The van der Waals surface area contributed by atoms with Crippen LogP contribution in [0.3, 0.4) is 0 Å². The van der Waals surface area contributed by atoms with Gasteiger partial charge in [-0.1, -0.05) is 22.0 Å². The van der Waals surface area contributed by atoms with Crippen LogP contribution in [0, 0.1) is 0 Å². The minimum atomic E-state index is -0.645. The number of carbonyl (C=O) groups is 2. The van der Waals surface area contributed by atoms with Gasteiger partial charge in [0.2, 0.25) is 0 Å². The Morgan fingerprint density at radius 1 is 1.21 bits per heavy atom. The van der Waals surface area contributed by atoms with Gasteiger partial charge >= 0.3 is 5.97 Å². The molecule has 0 aliphatic carbocycles. The minimum Gasteiger partial charge on any atom is -0.452 e. The van der Waals surface area contributed by atoms with Gasteiger partial charge in [0.05, 0.1) is 16.5 Å². The number of nitrogens with one attached hydrogen (secondary N) is 1. The normalized spacial score (nSPS) is 12.6. The van der Waals surface area contributed by atoms with Crippen LogP contribution in [0.2, 0.25) is 0 Å². The molecule has 1 N–H and O–H groups in total. The Balaban J connectivity index is 1.46. The first-order chi connectivity index (χ1) is 13.5. The summed E-state index contributed by atoms with van der Waals surface area (Å²) in [4.78, 5) is 41.2. The Labute approximate surface area is 168 Å². The van der Waals surface area contributed by atoms with Crippen LogP contribution >= 0.6 is 15.9 Å². The highest BCUT2D eigenvalue weighted by Gasteiger charge is 2.18. The number of ether oxygens (including phenoxy) is 1. The van der Waals surface area contributed by atoms with Gasteiger partial charge in [0, 0.05) is 23.1 Å². The number of nitrogens with zero attached hydrogens (tertiary/aromatic N) is 2. The second-order valence-electron chi connectivity index (χ2n) is 6.45. The van der Waals surface area contributed by atoms with Gasteiger partial charge in [-0.3, -0.25) is 14.2 Å². The summed E-state index contributed by atoms with van der Waals surface area (Å²) < 4.78 is 7.59. The number of carbonyl (C=O) groups excluding carboxylic acids is 2. The number of fused-ring (bicyclic) bond motifs is 2. The number of anilines is 1. The average molecular weight is 442 g/mol. The van der Waals surface area contributed by atoms with Crippen molar-refractivity contribution in [3.05, 3.63) is 68.7 Å². The van der Waals surface area contributed by atoms with Gasteiger partial charge in [-0.05, 0) is 42.8 Å². The molecule has 8 heteroatoms. The highest BCUT2D eigenvalue weighted by atomic mass is 79.9. The number of aromatic nitrogens is 2. The maximum absolute atomic E-state index is 12.5. The fourth-order valence-electron chi connectivity index (χ4n) is 3.19. The van der Waals surface area contributed by atoms with Crippen molar-refractivity contribution in [2.45, 2.75) is 19.4 Å². The van der Waals surface area contributed by atoms with Crippen molar-refractivity contribution in [1.29, 1.82) is 0 Å². The van der Waals surface area contributed by atoms with Crippen molar-refractivity contribution in [2.75, 3.05) is 11.9 Å². The summed E-state index contributed by atoms with van der Waals surface area (Å²) in [5.74, 6) is -0.355. The number of hydrogen-bond acceptors (Lipinski definition) is 5. The highest BCUT2D eigenvalue weighted by Crippen LogP contribution is 2.17. The molecule has 0 bridgehead atoms. The zero-order chi connectivity index (χ0) is 19.7. The molecule has 0 fully saturated rings. The maximum Gasteiger partial charge on any atom is 0.338 e. The second-order valence-corrected chi connectivity index (χ2v) is 7.37. The smallest absolute Gasteiger partial charge is 0.338 e. The zero-order valence-corrected chi connectivity index (χ0v) is 16.4. The van der Waals surface area contributed by atoms with E-state index in [1.807, 2.05) is 6.07 Å². The molecule has 2 aromatic carbocycles. The lowest BCUT2D eigenvalue weighted by molar-refractivity contribution is -0.119. The van der Waals surface area contributed by atoms with Crippen molar-refractivity contribution in [1.82, 2.24) is 9.55 Å². The molecule has 0 spiro atoms. The Hall–Kier alpha value is -3.00. The lowest BCUT2D eigenvalue weighted by atomic mass is 10.1. The fraction of sp³-hybridized carbons (Fsp3) is 0.200. The highest BCUT2D eigenvalue weighted by molar-refractivity contribution is 9.10. The van der Waals surface area contributed by atoms with Gasteiger partial charge in [-0.2, -0.15) is 0 Å². The van der Waals surface area contributed by atoms with E-state index in [0.29, 0.717) is 23.1 Å². The fourth-order valence-corrected chi connectivity index (χ4v) is 3.59. The van der Waals surface area contributed by atoms with Crippen LogP contribution in [0.5, 0.6) is 0 Å². The summed E-state index contributed by atoms with van der Waals surface area (Å²) in [7, 11) is 0. The van der Waals surface area contributed by atoms with Crippen molar-refractivity contribution >= 4 is 44.4 Å². The number of esters is 1. The Bertz CT molecular complexity index is 1160. The lowest BCUT2D eigenvalue weighted by Gasteiger charge is -2.08. The molecule has 1 amide bonds. The van der Waals surface area contributed by atoms with Gasteiger partial charge in [0.25, 0.3) is 11.5 Å². The number of hydrogen-bond donors (Lipinski definition) is 1. The molecular formula is C20H16BrN3O4. The largest absolute Gasteiger partial charge is 0.452 e. The molecule has 3 aromatic rings. The zero-order valence-electron chi connectivity index (χ0n) is 14.8. The summed E-state index contributed by atoms with van der Waals surface area (Å²) in [6.45, 7) is 0.262. The third-order valence-corrected chi connectivity index (χ3v) is 4.99. The van der Waals surface area contributed by atoms with Crippen LogP contribution in [0.1, 0.15) is 22.6 Å². The minimum absolute atomic E-state index is 0.0918. The van der Waals surface area contributed by atoms with Crippen molar-refractivity contribution < 1.29 is 14.3 Å². The van der Waals surface area contributed by atoms with Crippen molar-refractivity contribution in [3.8, 4) is 0 Å². The monoisotopic (exact) mass is 441 g/mol.